The molecule has 1 atom stereocenters. The maximum absolute atomic E-state index is 12.4. The van der Waals surface area contributed by atoms with Gasteiger partial charge in [0.25, 0.3) is 5.56 Å². The lowest BCUT2D eigenvalue weighted by Crippen LogP contribution is -2.46. The van der Waals surface area contributed by atoms with E-state index in [0.29, 0.717) is 5.92 Å². The van der Waals surface area contributed by atoms with Gasteiger partial charge in [0.1, 0.15) is 0 Å². The minimum absolute atomic E-state index is 0.0516. The molecule has 25 heavy (non-hydrogen) atoms. The van der Waals surface area contributed by atoms with Crippen molar-refractivity contribution in [1.29, 1.82) is 0 Å². The summed E-state index contributed by atoms with van der Waals surface area (Å²) < 4.78 is 1.69. The number of aryl methyl sites for hydroxylation is 2. The molecule has 0 saturated carbocycles. The molecule has 6 nitrogen and oxygen atoms in total. The number of carbonyl (C=O) groups excluding carboxylic acids is 1. The molecule has 1 aromatic heterocycles. The van der Waals surface area contributed by atoms with Crippen LogP contribution in [0.2, 0.25) is 0 Å². The average molecular weight is 344 g/mol. The van der Waals surface area contributed by atoms with Crippen molar-refractivity contribution in [3.05, 3.63) is 27.7 Å². The highest BCUT2D eigenvalue weighted by molar-refractivity contribution is 5.83. The van der Waals surface area contributed by atoms with E-state index in [1.54, 1.807) is 4.68 Å². The second-order valence-corrected chi connectivity index (χ2v) is 7.89. The molecule has 6 heteroatoms. The first-order chi connectivity index (χ1) is 12.1. The number of carbonyl (C=O) groups is 1. The van der Waals surface area contributed by atoms with E-state index < -0.39 is 0 Å². The molecule has 0 spiro atoms. The third-order valence-electron chi connectivity index (χ3n) is 6.19. The first-order valence-corrected chi connectivity index (χ1v) is 9.71. The molecule has 1 aliphatic carbocycles. The molecule has 2 fully saturated rings. The number of aromatic nitrogens is 2. The van der Waals surface area contributed by atoms with Crippen LogP contribution in [-0.2, 0) is 24.2 Å². The topological polar surface area (TPSA) is 58.4 Å². The minimum atomic E-state index is 0.0516. The number of likely N-dealkylation sites (tertiary alicyclic amines) is 2. The molecule has 2 saturated heterocycles. The SMILES string of the molecule is CN1CCC(N2CCC(Cn3nc4c(cc3=O)CCCC4)CC2)C1=O. The molecule has 0 aromatic carbocycles. The Balaban J connectivity index is 1.37. The molecule has 0 bridgehead atoms. The fraction of sp³-hybridized carbons (Fsp3) is 0.737. The third kappa shape index (κ3) is 3.36. The molecule has 1 unspecified atom stereocenters. The Morgan fingerprint density at radius 2 is 1.84 bits per heavy atom. The van der Waals surface area contributed by atoms with E-state index in [1.807, 2.05) is 18.0 Å². The first kappa shape index (κ1) is 16.8. The quantitative estimate of drug-likeness (QED) is 0.823. The van der Waals surface area contributed by atoms with Crippen LogP contribution < -0.4 is 5.56 Å². The Labute approximate surface area is 148 Å². The third-order valence-corrected chi connectivity index (χ3v) is 6.19. The Bertz CT molecular complexity index is 706. The van der Waals surface area contributed by atoms with Crippen molar-refractivity contribution >= 4 is 5.91 Å². The van der Waals surface area contributed by atoms with Gasteiger partial charge in [0, 0.05) is 26.2 Å². The summed E-state index contributed by atoms with van der Waals surface area (Å²) in [6.07, 6.45) is 7.39. The predicted octanol–water partition coefficient (Wildman–Crippen LogP) is 1.06. The summed E-state index contributed by atoms with van der Waals surface area (Å²) in [7, 11) is 1.89. The predicted molar refractivity (Wildman–Crippen MR) is 95.5 cm³/mol. The largest absolute Gasteiger partial charge is 0.344 e. The van der Waals surface area contributed by atoms with E-state index in [1.165, 1.54) is 12.8 Å². The monoisotopic (exact) mass is 344 g/mol. The van der Waals surface area contributed by atoms with Crippen LogP contribution in [0.25, 0.3) is 0 Å². The zero-order chi connectivity index (χ0) is 17.4. The Hall–Kier alpha value is -1.69. The minimum Gasteiger partial charge on any atom is -0.344 e. The van der Waals surface area contributed by atoms with Crippen LogP contribution in [0.4, 0.5) is 0 Å². The second-order valence-electron chi connectivity index (χ2n) is 7.89. The van der Waals surface area contributed by atoms with Gasteiger partial charge in [-0.25, -0.2) is 4.68 Å². The summed E-state index contributed by atoms with van der Waals surface area (Å²) >= 11 is 0. The van der Waals surface area contributed by atoms with E-state index in [4.69, 9.17) is 0 Å². The van der Waals surface area contributed by atoms with Crippen LogP contribution in [-0.4, -0.2) is 58.2 Å². The number of likely N-dealkylation sites (N-methyl/N-ethyl adjacent to an activating group) is 1. The average Bonchev–Trinajstić information content (AvgIpc) is 2.95. The van der Waals surface area contributed by atoms with Crippen LogP contribution in [0.15, 0.2) is 10.9 Å². The molecule has 3 aliphatic rings. The first-order valence-electron chi connectivity index (χ1n) is 9.71. The zero-order valence-electron chi connectivity index (χ0n) is 15.1. The number of rotatable bonds is 3. The maximum atomic E-state index is 12.4. The molecule has 0 radical (unpaired) electrons. The zero-order valence-corrected chi connectivity index (χ0v) is 15.1. The molecular formula is C19H28N4O2. The lowest BCUT2D eigenvalue weighted by atomic mass is 9.95. The van der Waals surface area contributed by atoms with Gasteiger partial charge in [-0.15, -0.1) is 0 Å². The fourth-order valence-corrected chi connectivity index (χ4v) is 4.57. The number of nitrogens with zero attached hydrogens (tertiary/aromatic N) is 4. The highest BCUT2D eigenvalue weighted by Crippen LogP contribution is 2.24. The number of hydrogen-bond acceptors (Lipinski definition) is 4. The molecule has 0 N–H and O–H groups in total. The molecule has 1 aromatic rings. The van der Waals surface area contributed by atoms with Crippen LogP contribution in [0.5, 0.6) is 0 Å². The lowest BCUT2D eigenvalue weighted by Gasteiger charge is -2.35. The van der Waals surface area contributed by atoms with E-state index in [0.717, 1.165) is 69.5 Å². The highest BCUT2D eigenvalue weighted by Gasteiger charge is 2.35. The van der Waals surface area contributed by atoms with Gasteiger partial charge >= 0.3 is 0 Å². The Morgan fingerprint density at radius 3 is 2.56 bits per heavy atom. The number of amides is 1. The van der Waals surface area contributed by atoms with Crippen LogP contribution in [0, 0.1) is 5.92 Å². The van der Waals surface area contributed by atoms with Gasteiger partial charge < -0.3 is 4.90 Å². The standard InChI is InChI=1S/C19H28N4O2/c1-21-9-8-17(19(21)25)22-10-6-14(7-11-22)13-23-18(24)12-15-4-2-3-5-16(15)20-23/h12,14,17H,2-11,13H2,1H3. The van der Waals surface area contributed by atoms with Crippen molar-refractivity contribution in [2.45, 2.75) is 57.5 Å². The Morgan fingerprint density at radius 1 is 1.08 bits per heavy atom. The molecule has 3 heterocycles. The van der Waals surface area contributed by atoms with Crippen molar-refractivity contribution in [2.75, 3.05) is 26.7 Å². The van der Waals surface area contributed by atoms with Gasteiger partial charge in [-0.3, -0.25) is 14.5 Å². The van der Waals surface area contributed by atoms with Gasteiger partial charge in [0.05, 0.1) is 11.7 Å². The van der Waals surface area contributed by atoms with Crippen LogP contribution in [0.3, 0.4) is 0 Å². The summed E-state index contributed by atoms with van der Waals surface area (Å²) in [5.74, 6) is 0.753. The van der Waals surface area contributed by atoms with Crippen LogP contribution in [0.1, 0.15) is 43.4 Å². The molecular weight excluding hydrogens is 316 g/mol. The summed E-state index contributed by atoms with van der Waals surface area (Å²) in [5.41, 5.74) is 2.34. The molecule has 4 rings (SSSR count). The fourth-order valence-electron chi connectivity index (χ4n) is 4.57. The van der Waals surface area contributed by atoms with E-state index in [-0.39, 0.29) is 17.5 Å². The summed E-state index contributed by atoms with van der Waals surface area (Å²) in [6, 6.07) is 1.89. The van der Waals surface area contributed by atoms with Gasteiger partial charge in [-0.1, -0.05) is 0 Å². The Kier molecular flexibility index (Phi) is 4.63. The highest BCUT2D eigenvalue weighted by atomic mass is 16.2. The number of piperidine rings is 1. The molecule has 1 amide bonds. The van der Waals surface area contributed by atoms with Gasteiger partial charge in [-0.2, -0.15) is 5.10 Å². The van der Waals surface area contributed by atoms with Gasteiger partial charge in [0.2, 0.25) is 5.91 Å². The van der Waals surface area contributed by atoms with Crippen LogP contribution >= 0.6 is 0 Å². The van der Waals surface area contributed by atoms with Crippen molar-refractivity contribution < 1.29 is 4.79 Å². The molecule has 136 valence electrons. The molecule has 2 aliphatic heterocycles. The van der Waals surface area contributed by atoms with Crippen molar-refractivity contribution in [2.24, 2.45) is 5.92 Å². The smallest absolute Gasteiger partial charge is 0.267 e. The van der Waals surface area contributed by atoms with E-state index >= 15 is 0 Å². The van der Waals surface area contributed by atoms with Crippen molar-refractivity contribution in [1.82, 2.24) is 19.6 Å². The van der Waals surface area contributed by atoms with Gasteiger partial charge in [0.15, 0.2) is 0 Å². The maximum Gasteiger partial charge on any atom is 0.267 e. The van der Waals surface area contributed by atoms with Gasteiger partial charge in [-0.05, 0) is 69.5 Å². The van der Waals surface area contributed by atoms with E-state index in [2.05, 4.69) is 10.00 Å². The number of hydrogen-bond donors (Lipinski definition) is 0. The normalized spacial score (nSPS) is 25.4. The lowest BCUT2D eigenvalue weighted by molar-refractivity contribution is -0.131. The number of fused-ring (bicyclic) bond motifs is 1. The van der Waals surface area contributed by atoms with Crippen molar-refractivity contribution in [3.63, 3.8) is 0 Å². The summed E-state index contributed by atoms with van der Waals surface area (Å²) in [6.45, 7) is 3.50. The summed E-state index contributed by atoms with van der Waals surface area (Å²) in [4.78, 5) is 28.7. The van der Waals surface area contributed by atoms with E-state index in [9.17, 15) is 9.59 Å². The van der Waals surface area contributed by atoms with Crippen molar-refractivity contribution in [3.8, 4) is 0 Å². The second kappa shape index (κ2) is 6.90. The summed E-state index contributed by atoms with van der Waals surface area (Å²) in [5, 5.41) is 4.66.